The van der Waals surface area contributed by atoms with Crippen LogP contribution in [0.3, 0.4) is 0 Å². The lowest BCUT2D eigenvalue weighted by Crippen LogP contribution is -2.37. The van der Waals surface area contributed by atoms with E-state index in [1.807, 2.05) is 23.1 Å². The van der Waals surface area contributed by atoms with E-state index in [0.717, 1.165) is 5.56 Å². The first-order valence-corrected chi connectivity index (χ1v) is 9.74. The lowest BCUT2D eigenvalue weighted by molar-refractivity contribution is -0.402. The molecule has 30 heavy (non-hydrogen) atoms. The molecule has 1 aromatic carbocycles. The zero-order chi connectivity index (χ0) is 21.4. The predicted octanol–water partition coefficient (Wildman–Crippen LogP) is 5.31. The van der Waals surface area contributed by atoms with Gasteiger partial charge in [0.2, 0.25) is 0 Å². The van der Waals surface area contributed by atoms with E-state index in [9.17, 15) is 10.1 Å². The summed E-state index contributed by atoms with van der Waals surface area (Å²) < 4.78 is 16.2. The number of nitro groups is 1. The van der Waals surface area contributed by atoms with Gasteiger partial charge < -0.3 is 18.8 Å². The third kappa shape index (κ3) is 3.64. The number of furan rings is 1. The number of hydrogen-bond acceptors (Lipinski definition) is 7. The quantitative estimate of drug-likeness (QED) is 0.453. The smallest absolute Gasteiger partial charge is 0.433 e. The van der Waals surface area contributed by atoms with Gasteiger partial charge in [0.1, 0.15) is 22.6 Å². The molecule has 3 heterocycles. The van der Waals surface area contributed by atoms with Gasteiger partial charge in [-0.05, 0) is 29.8 Å². The monoisotopic (exact) mass is 449 g/mol. The Morgan fingerprint density at radius 2 is 1.97 bits per heavy atom. The van der Waals surface area contributed by atoms with Crippen molar-refractivity contribution < 1.29 is 18.8 Å². The minimum Gasteiger partial charge on any atom is -0.493 e. The van der Waals surface area contributed by atoms with Gasteiger partial charge in [0.25, 0.3) is 0 Å². The van der Waals surface area contributed by atoms with Gasteiger partial charge in [-0.15, -0.1) is 0 Å². The largest absolute Gasteiger partial charge is 0.493 e. The topological polar surface area (TPSA) is 90.3 Å². The van der Waals surface area contributed by atoms with E-state index in [0.29, 0.717) is 39.6 Å². The summed E-state index contributed by atoms with van der Waals surface area (Å²) in [6.45, 7) is 0. The second-order valence-electron chi connectivity index (χ2n) is 6.68. The Morgan fingerprint density at radius 1 is 1.20 bits per heavy atom. The number of amidine groups is 1. The summed E-state index contributed by atoms with van der Waals surface area (Å²) in [7, 11) is 3.14. The van der Waals surface area contributed by atoms with Crippen LogP contribution in [0, 0.1) is 10.1 Å². The summed E-state index contributed by atoms with van der Waals surface area (Å²) in [5.74, 6) is 1.76. The Balaban J connectivity index is 1.79. The molecule has 1 aromatic heterocycles. The summed E-state index contributed by atoms with van der Waals surface area (Å²) in [4.78, 5) is 17.0. The highest BCUT2D eigenvalue weighted by Gasteiger charge is 2.36. The van der Waals surface area contributed by atoms with Gasteiger partial charge in [0.05, 0.1) is 36.4 Å². The van der Waals surface area contributed by atoms with Crippen molar-refractivity contribution in [3.8, 4) is 11.5 Å². The molecule has 2 unspecified atom stereocenters. The van der Waals surface area contributed by atoms with Crippen molar-refractivity contribution in [1.82, 2.24) is 4.90 Å². The molecule has 2 aliphatic rings. The van der Waals surface area contributed by atoms with Crippen molar-refractivity contribution in [1.29, 1.82) is 0 Å². The third-order valence-electron chi connectivity index (χ3n) is 4.96. The Morgan fingerprint density at radius 3 is 2.63 bits per heavy atom. The Kier molecular flexibility index (Phi) is 5.44. The van der Waals surface area contributed by atoms with Crippen LogP contribution < -0.4 is 9.47 Å². The van der Waals surface area contributed by atoms with Crippen LogP contribution in [0.15, 0.2) is 62.1 Å². The number of ether oxygens (including phenoxy) is 2. The van der Waals surface area contributed by atoms with Crippen molar-refractivity contribution in [3.05, 3.63) is 74.1 Å². The fourth-order valence-corrected chi connectivity index (χ4v) is 4.12. The van der Waals surface area contributed by atoms with E-state index >= 15 is 0 Å². The molecule has 0 aliphatic carbocycles. The molecular weight excluding hydrogens is 433 g/mol. The maximum atomic E-state index is 11.0. The zero-order valence-corrected chi connectivity index (χ0v) is 17.6. The normalized spacial score (nSPS) is 20.7. The first-order chi connectivity index (χ1) is 14.4. The van der Waals surface area contributed by atoms with Crippen molar-refractivity contribution in [2.24, 2.45) is 4.99 Å². The summed E-state index contributed by atoms with van der Waals surface area (Å²) in [5, 5.41) is 11.9. The lowest BCUT2D eigenvalue weighted by atomic mass is 9.93. The average molecular weight is 450 g/mol. The molecule has 2 aliphatic heterocycles. The van der Waals surface area contributed by atoms with Crippen LogP contribution in [-0.2, 0) is 0 Å². The average Bonchev–Trinajstić information content (AvgIpc) is 3.23. The van der Waals surface area contributed by atoms with Gasteiger partial charge in [0, 0.05) is 12.6 Å². The maximum absolute atomic E-state index is 11.0. The molecular formula is C20H17Cl2N3O5. The van der Waals surface area contributed by atoms with Crippen LogP contribution >= 0.6 is 23.2 Å². The van der Waals surface area contributed by atoms with Gasteiger partial charge in [-0.2, -0.15) is 0 Å². The number of fused-ring (bicyclic) bond motifs is 1. The summed E-state index contributed by atoms with van der Waals surface area (Å²) >= 11 is 12.7. The molecule has 8 nitrogen and oxygen atoms in total. The number of benzene rings is 1. The maximum Gasteiger partial charge on any atom is 0.433 e. The van der Waals surface area contributed by atoms with Gasteiger partial charge in [0.15, 0.2) is 11.5 Å². The fourth-order valence-electron chi connectivity index (χ4n) is 3.59. The standard InChI is InChI=1S/C20H17Cl2N3O5/c1-28-17-4-3-11(7-18(17)29-2)15-9-14(16-5-6-19(30-16)25(26)27)23-20-13(22)8-12(21)10-24(15)20/h3-8,10,14-15H,9H2,1-2H3. The summed E-state index contributed by atoms with van der Waals surface area (Å²) in [6, 6.07) is 7.82. The van der Waals surface area contributed by atoms with E-state index in [1.165, 1.54) is 6.07 Å². The predicted molar refractivity (Wildman–Crippen MR) is 112 cm³/mol. The summed E-state index contributed by atoms with van der Waals surface area (Å²) in [6.07, 6.45) is 3.85. The highest BCUT2D eigenvalue weighted by atomic mass is 35.5. The van der Waals surface area contributed by atoms with Crippen LogP contribution in [0.5, 0.6) is 11.5 Å². The number of nitrogens with zero attached hydrogens (tertiary/aromatic N) is 3. The van der Waals surface area contributed by atoms with Crippen molar-refractivity contribution >= 4 is 34.9 Å². The van der Waals surface area contributed by atoms with Crippen LogP contribution in [0.1, 0.15) is 29.8 Å². The van der Waals surface area contributed by atoms with Crippen molar-refractivity contribution in [2.45, 2.75) is 18.5 Å². The third-order valence-corrected chi connectivity index (χ3v) is 5.44. The molecule has 0 saturated carbocycles. The molecule has 0 bridgehead atoms. The molecule has 10 heteroatoms. The molecule has 0 fully saturated rings. The zero-order valence-electron chi connectivity index (χ0n) is 16.0. The highest BCUT2D eigenvalue weighted by Crippen LogP contribution is 2.44. The van der Waals surface area contributed by atoms with E-state index in [-0.39, 0.29) is 11.9 Å². The minimum atomic E-state index is -0.576. The van der Waals surface area contributed by atoms with Crippen LogP contribution in [-0.4, -0.2) is 29.9 Å². The molecule has 2 aromatic rings. The van der Waals surface area contributed by atoms with Crippen LogP contribution in [0.25, 0.3) is 0 Å². The lowest BCUT2D eigenvalue weighted by Gasteiger charge is -2.39. The number of hydrogen-bond donors (Lipinski definition) is 0. The van der Waals surface area contributed by atoms with Crippen LogP contribution in [0.2, 0.25) is 0 Å². The molecule has 0 N–H and O–H groups in total. The molecule has 0 radical (unpaired) electrons. The SMILES string of the molecule is COc1ccc(C2CC(c3ccc([N+](=O)[O-])o3)N=C3C(Cl)=CC(Cl)=CN32)cc1OC. The Labute approximate surface area is 182 Å². The second kappa shape index (κ2) is 8.04. The molecule has 0 spiro atoms. The minimum absolute atomic E-state index is 0.220. The van der Waals surface area contributed by atoms with Crippen LogP contribution in [0.4, 0.5) is 5.88 Å². The van der Waals surface area contributed by atoms with Gasteiger partial charge >= 0.3 is 5.88 Å². The van der Waals surface area contributed by atoms with E-state index in [1.54, 1.807) is 32.6 Å². The van der Waals surface area contributed by atoms with Gasteiger partial charge in [-0.3, -0.25) is 15.1 Å². The first-order valence-electron chi connectivity index (χ1n) is 8.98. The Bertz CT molecular complexity index is 1090. The first kappa shape index (κ1) is 20.3. The number of methoxy groups -OCH3 is 2. The number of halogens is 2. The molecule has 2 atom stereocenters. The second-order valence-corrected chi connectivity index (χ2v) is 7.52. The van der Waals surface area contributed by atoms with Crippen molar-refractivity contribution in [3.63, 3.8) is 0 Å². The van der Waals surface area contributed by atoms with E-state index in [2.05, 4.69) is 4.99 Å². The van der Waals surface area contributed by atoms with E-state index in [4.69, 9.17) is 37.1 Å². The number of allylic oxidation sites excluding steroid dienone is 2. The van der Waals surface area contributed by atoms with E-state index < -0.39 is 11.0 Å². The molecule has 156 valence electrons. The summed E-state index contributed by atoms with van der Waals surface area (Å²) in [5.41, 5.74) is 0.915. The molecule has 4 rings (SSSR count). The fraction of sp³-hybridized carbons (Fsp3) is 0.250. The number of rotatable bonds is 5. The molecule has 0 amide bonds. The van der Waals surface area contributed by atoms with Crippen molar-refractivity contribution in [2.75, 3.05) is 14.2 Å². The molecule has 0 saturated heterocycles. The highest BCUT2D eigenvalue weighted by molar-refractivity contribution is 6.45. The number of aliphatic imine (C=N–C) groups is 1. The Hall–Kier alpha value is -2.97. The van der Waals surface area contributed by atoms with Gasteiger partial charge in [-0.1, -0.05) is 29.3 Å². The van der Waals surface area contributed by atoms with Gasteiger partial charge in [-0.25, -0.2) is 0 Å².